The molecule has 4 aromatic carbocycles. The molecule has 13 nitrogen and oxygen atoms in total. The number of carbonyl (C=O) groups excluding carboxylic acids is 4. The molecule has 0 saturated carbocycles. The molecule has 416 valence electrons. The molecule has 4 aromatic rings. The zero-order valence-corrected chi connectivity index (χ0v) is 42.2. The van der Waals surface area contributed by atoms with Crippen molar-refractivity contribution in [2.75, 3.05) is 0 Å². The summed E-state index contributed by atoms with van der Waals surface area (Å²) in [5, 5.41) is 18.3. The molecule has 0 aliphatic heterocycles. The van der Waals surface area contributed by atoms with Gasteiger partial charge in [-0.1, -0.05) is 48.5 Å². The van der Waals surface area contributed by atoms with Crippen LogP contribution in [0.15, 0.2) is 97.1 Å². The fraction of sp³-hybridized carbons (Fsp3) is 0.440. The molecule has 4 rings (SSSR count). The lowest BCUT2D eigenvalue weighted by Crippen LogP contribution is -2.54. The third-order valence-electron chi connectivity index (χ3n) is 9.00. The second kappa shape index (κ2) is 23.2. The van der Waals surface area contributed by atoms with Gasteiger partial charge in [0.2, 0.25) is 10.8 Å². The van der Waals surface area contributed by atoms with Gasteiger partial charge in [-0.05, 0) is 154 Å². The Bertz CT molecular complexity index is 2350. The third-order valence-corrected chi connectivity index (χ3v) is 9.00. The fourth-order valence-electron chi connectivity index (χ4n) is 6.28. The number of hydrogen-bond donors (Lipinski definition) is 2. The van der Waals surface area contributed by atoms with E-state index in [4.69, 9.17) is 38.6 Å². The predicted molar refractivity (Wildman–Crippen MR) is 242 cm³/mol. The van der Waals surface area contributed by atoms with E-state index in [0.29, 0.717) is 48.5 Å². The molecule has 0 fully saturated rings. The number of phenolic OH excluding ortho intramolecular Hbond substituents is 2. The van der Waals surface area contributed by atoms with Crippen molar-refractivity contribution in [2.45, 2.75) is 141 Å². The van der Waals surface area contributed by atoms with Crippen LogP contribution in [-0.2, 0) is 34.5 Å². The highest BCUT2D eigenvalue weighted by Gasteiger charge is 2.73. The summed E-state index contributed by atoms with van der Waals surface area (Å²) in [6.45, 7) is 19.3. The lowest BCUT2D eigenvalue weighted by atomic mass is 9.73. The van der Waals surface area contributed by atoms with E-state index in [0.717, 1.165) is 48.5 Å². The van der Waals surface area contributed by atoms with Gasteiger partial charge >= 0.3 is 49.3 Å². The van der Waals surface area contributed by atoms with Crippen molar-refractivity contribution in [3.63, 3.8) is 0 Å². The largest absolute Gasteiger partial charge is 0.519 e. The third kappa shape index (κ3) is 18.1. The first kappa shape index (κ1) is 64.0. The van der Waals surface area contributed by atoms with Gasteiger partial charge in [0.05, 0.1) is 0 Å². The zero-order valence-electron chi connectivity index (χ0n) is 42.2. The molecule has 0 amide bonds. The topological polar surface area (TPSA) is 173 Å². The number of phenols is 2. The van der Waals surface area contributed by atoms with Gasteiger partial charge in [-0.25, -0.2) is 19.2 Å². The second-order valence-corrected chi connectivity index (χ2v) is 19.8. The summed E-state index contributed by atoms with van der Waals surface area (Å²) >= 11 is 0. The Morgan fingerprint density at radius 1 is 0.320 bits per heavy atom. The van der Waals surface area contributed by atoms with E-state index in [1.807, 2.05) is 0 Å². The molecule has 0 spiro atoms. The molecule has 0 atom stereocenters. The van der Waals surface area contributed by atoms with Crippen LogP contribution < -0.4 is 9.47 Å². The Balaban J connectivity index is 0.000000429. The molecule has 0 aliphatic rings. The summed E-state index contributed by atoms with van der Waals surface area (Å²) in [7, 11) is 0. The van der Waals surface area contributed by atoms with E-state index in [1.54, 1.807) is 83.1 Å². The standard InChI is InChI=1S/C25H26F6O6.C15H10F6O2.C10H18O5/c1-21(2,3)36-19(32)34-17-11-7-15(8-12-17)23(24(26,27)28,25(29,30)31)16-9-13-18(14-10-16)35-20(33)37-22(4,5)6;16-14(17,18)13(15(19,20)21,9-1-5-11(22)6-2-9)10-3-7-12(23)8-4-10;1-9(2,3)14-7(11)13-8(12)15-10(4,5)6/h7-14H,1-6H3;1-8,22-23H;1-6H3. The smallest absolute Gasteiger partial charge is 0.508 e. The summed E-state index contributed by atoms with van der Waals surface area (Å²) in [4.78, 5) is 45.6. The van der Waals surface area contributed by atoms with Crippen LogP contribution >= 0.6 is 0 Å². The minimum atomic E-state index is -5.84. The monoisotopic (exact) mass is 1090 g/mol. The Morgan fingerprint density at radius 3 is 0.693 bits per heavy atom. The van der Waals surface area contributed by atoms with Crippen LogP contribution in [0.4, 0.5) is 71.9 Å². The van der Waals surface area contributed by atoms with E-state index in [2.05, 4.69) is 4.74 Å². The number of aromatic hydroxyl groups is 2. The summed E-state index contributed by atoms with van der Waals surface area (Å²) < 4.78 is 201. The maximum atomic E-state index is 14.3. The summed E-state index contributed by atoms with van der Waals surface area (Å²) in [6, 6.07) is 10.7. The maximum absolute atomic E-state index is 14.3. The summed E-state index contributed by atoms with van der Waals surface area (Å²) in [5.41, 5.74) is -16.5. The van der Waals surface area contributed by atoms with Gasteiger partial charge < -0.3 is 43.4 Å². The van der Waals surface area contributed by atoms with Crippen LogP contribution in [-0.4, -0.2) is 81.9 Å². The number of carbonyl (C=O) groups is 4. The lowest BCUT2D eigenvalue weighted by molar-refractivity contribution is -0.290. The number of alkyl halides is 12. The summed E-state index contributed by atoms with van der Waals surface area (Å²) in [6.07, 6.45) is -27.6. The Hall–Kier alpha value is -7.08. The first-order chi connectivity index (χ1) is 33.6. The van der Waals surface area contributed by atoms with E-state index in [9.17, 15) is 71.9 Å². The van der Waals surface area contributed by atoms with Crippen LogP contribution in [0, 0.1) is 0 Å². The Morgan fingerprint density at radius 2 is 0.507 bits per heavy atom. The SMILES string of the molecule is CC(C)(C)OC(=O)OC(=O)OC(C)(C)C.CC(C)(C)OC(=O)Oc1ccc(C(c2ccc(OC(=O)OC(C)(C)C)cc2)(C(F)(F)F)C(F)(F)F)cc1.Oc1ccc(C(c2ccc(O)cc2)(C(F)(F)F)C(F)(F)F)cc1. The number of halogens is 12. The Labute approximate surface area is 422 Å². The molecule has 25 heteroatoms. The first-order valence-electron chi connectivity index (χ1n) is 21.7. The molecule has 0 radical (unpaired) electrons. The highest BCUT2D eigenvalue weighted by atomic mass is 19.4. The van der Waals surface area contributed by atoms with Crippen molar-refractivity contribution in [3.05, 3.63) is 119 Å². The number of benzene rings is 4. The van der Waals surface area contributed by atoms with Crippen LogP contribution in [0.2, 0.25) is 0 Å². The quantitative estimate of drug-likeness (QED) is 0.0614. The van der Waals surface area contributed by atoms with Crippen LogP contribution in [0.3, 0.4) is 0 Å². The van der Waals surface area contributed by atoms with Crippen LogP contribution in [0.25, 0.3) is 0 Å². The fourth-order valence-corrected chi connectivity index (χ4v) is 6.28. The molecule has 0 unspecified atom stereocenters. The average molecular weight is 1090 g/mol. The minimum absolute atomic E-state index is 0.322. The molecule has 2 N–H and O–H groups in total. The minimum Gasteiger partial charge on any atom is -0.508 e. The molecule has 0 aliphatic carbocycles. The predicted octanol–water partition coefficient (Wildman–Crippen LogP) is 15.1. The van der Waals surface area contributed by atoms with Crippen molar-refractivity contribution in [1.29, 1.82) is 0 Å². The van der Waals surface area contributed by atoms with E-state index < -0.39 is 116 Å². The summed E-state index contributed by atoms with van der Waals surface area (Å²) in [5.74, 6) is -1.56. The van der Waals surface area contributed by atoms with Gasteiger partial charge in [0.1, 0.15) is 45.4 Å². The lowest BCUT2D eigenvalue weighted by Gasteiger charge is -2.38. The molecular formula is C50H54F12O13. The average Bonchev–Trinajstić information content (AvgIpc) is 3.16. The van der Waals surface area contributed by atoms with Gasteiger partial charge in [-0.3, -0.25) is 0 Å². The number of ether oxygens (including phenoxy) is 7. The van der Waals surface area contributed by atoms with E-state index in [1.165, 1.54) is 0 Å². The van der Waals surface area contributed by atoms with Crippen molar-refractivity contribution in [1.82, 2.24) is 0 Å². The highest BCUT2D eigenvalue weighted by Crippen LogP contribution is 2.58. The van der Waals surface area contributed by atoms with Crippen molar-refractivity contribution >= 4 is 24.6 Å². The van der Waals surface area contributed by atoms with Gasteiger partial charge in [0.15, 0.2) is 0 Å². The zero-order chi connectivity index (χ0) is 58.2. The van der Waals surface area contributed by atoms with Gasteiger partial charge in [-0.15, -0.1) is 0 Å². The maximum Gasteiger partial charge on any atom is 0.519 e. The van der Waals surface area contributed by atoms with Gasteiger partial charge in [0.25, 0.3) is 0 Å². The van der Waals surface area contributed by atoms with Gasteiger partial charge in [-0.2, -0.15) is 52.7 Å². The van der Waals surface area contributed by atoms with Crippen LogP contribution in [0.1, 0.15) is 105 Å². The van der Waals surface area contributed by atoms with Crippen molar-refractivity contribution in [3.8, 4) is 23.0 Å². The second-order valence-electron chi connectivity index (χ2n) is 19.8. The molecular weight excluding hydrogens is 1040 g/mol. The van der Waals surface area contributed by atoms with Crippen molar-refractivity contribution in [2.24, 2.45) is 0 Å². The molecule has 75 heavy (non-hydrogen) atoms. The highest BCUT2D eigenvalue weighted by molar-refractivity contribution is 5.77. The molecule has 0 saturated heterocycles. The van der Waals surface area contributed by atoms with E-state index >= 15 is 0 Å². The molecule has 0 heterocycles. The van der Waals surface area contributed by atoms with E-state index in [-0.39, 0.29) is 11.5 Å². The normalized spacial score (nSPS) is 12.9. The van der Waals surface area contributed by atoms with Gasteiger partial charge in [0, 0.05) is 0 Å². The molecule has 0 bridgehead atoms. The first-order valence-corrected chi connectivity index (χ1v) is 21.7. The molecule has 0 aromatic heterocycles. The Kier molecular flexibility index (Phi) is 19.8. The van der Waals surface area contributed by atoms with Crippen LogP contribution in [0.5, 0.6) is 23.0 Å². The van der Waals surface area contributed by atoms with Crippen molar-refractivity contribution < 1.29 is 115 Å². The number of rotatable bonds is 6. The number of hydrogen-bond acceptors (Lipinski definition) is 13.